The molecule has 27 heavy (non-hydrogen) atoms. The van der Waals surface area contributed by atoms with Gasteiger partial charge in [0.1, 0.15) is 0 Å². The van der Waals surface area contributed by atoms with Gasteiger partial charge in [0.2, 0.25) is 5.91 Å². The fourth-order valence-corrected chi connectivity index (χ4v) is 5.29. The molecule has 2 bridgehead atoms. The van der Waals surface area contributed by atoms with Crippen LogP contribution in [-0.2, 0) is 24.1 Å². The van der Waals surface area contributed by atoms with Gasteiger partial charge >= 0.3 is 0 Å². The van der Waals surface area contributed by atoms with Crippen molar-refractivity contribution in [2.75, 3.05) is 19.6 Å². The third kappa shape index (κ3) is 3.39. The van der Waals surface area contributed by atoms with Crippen LogP contribution in [0, 0.1) is 5.92 Å². The molecule has 0 N–H and O–H groups in total. The fourth-order valence-electron chi connectivity index (χ4n) is 5.29. The lowest BCUT2D eigenvalue weighted by Gasteiger charge is -2.36. The summed E-state index contributed by atoms with van der Waals surface area (Å²) in [5, 5.41) is 0. The molecule has 1 aromatic heterocycles. The topological polar surface area (TPSA) is 36.4 Å². The SMILES string of the molecule is O=C(Cc1cccnc1)N1C[C@H]2CC[C@@H]1CN(C1Cc3ccccc3C1)C2. The molecule has 0 saturated carbocycles. The Morgan fingerprint density at radius 2 is 1.78 bits per heavy atom. The van der Waals surface area contributed by atoms with E-state index < -0.39 is 0 Å². The summed E-state index contributed by atoms with van der Waals surface area (Å²) in [6.07, 6.45) is 8.80. The van der Waals surface area contributed by atoms with Crippen molar-refractivity contribution in [3.8, 4) is 0 Å². The summed E-state index contributed by atoms with van der Waals surface area (Å²) >= 11 is 0. The van der Waals surface area contributed by atoms with Crippen LogP contribution < -0.4 is 0 Å². The lowest BCUT2D eigenvalue weighted by molar-refractivity contribution is -0.134. The Kier molecular flexibility index (Phi) is 4.44. The van der Waals surface area contributed by atoms with E-state index in [4.69, 9.17) is 0 Å². The van der Waals surface area contributed by atoms with Gasteiger partial charge in [-0.15, -0.1) is 0 Å². The van der Waals surface area contributed by atoms with Crippen molar-refractivity contribution in [1.82, 2.24) is 14.8 Å². The number of piperidine rings is 1. The summed E-state index contributed by atoms with van der Waals surface area (Å²) in [5.41, 5.74) is 4.05. The standard InChI is InChI=1S/C23H27N3O/c27-23(10-17-4-3-9-24-13-17)26-15-18-7-8-21(26)16-25(14-18)22-11-19-5-1-2-6-20(19)12-22/h1-6,9,13,18,21-22H,7-8,10-12,14-16H2/t18-,21+/m0/s1. The number of hydrogen-bond acceptors (Lipinski definition) is 3. The first-order chi connectivity index (χ1) is 13.3. The Morgan fingerprint density at radius 3 is 2.52 bits per heavy atom. The first-order valence-corrected chi connectivity index (χ1v) is 10.3. The van der Waals surface area contributed by atoms with Crippen molar-refractivity contribution in [2.24, 2.45) is 5.92 Å². The molecular formula is C23H27N3O. The van der Waals surface area contributed by atoms with Crippen molar-refractivity contribution in [2.45, 2.75) is 44.2 Å². The van der Waals surface area contributed by atoms with Gasteiger partial charge in [0.25, 0.3) is 0 Å². The molecule has 0 unspecified atom stereocenters. The Bertz CT molecular complexity index is 796. The van der Waals surface area contributed by atoms with Crippen molar-refractivity contribution in [1.29, 1.82) is 0 Å². The van der Waals surface area contributed by atoms with Gasteiger partial charge in [-0.3, -0.25) is 14.7 Å². The quantitative estimate of drug-likeness (QED) is 0.843. The minimum atomic E-state index is 0.272. The number of rotatable bonds is 3. The van der Waals surface area contributed by atoms with Gasteiger partial charge in [-0.05, 0) is 54.4 Å². The van der Waals surface area contributed by atoms with E-state index in [2.05, 4.69) is 39.0 Å². The largest absolute Gasteiger partial charge is 0.338 e. The van der Waals surface area contributed by atoms with E-state index in [1.165, 1.54) is 30.4 Å². The molecule has 2 atom stereocenters. The summed E-state index contributed by atoms with van der Waals surface area (Å²) in [7, 11) is 0. The predicted octanol–water partition coefficient (Wildman–Crippen LogP) is 2.71. The van der Waals surface area contributed by atoms with Crippen LogP contribution in [0.25, 0.3) is 0 Å². The lowest BCUT2D eigenvalue weighted by Crippen LogP contribution is -2.48. The molecular weight excluding hydrogens is 334 g/mol. The molecule has 140 valence electrons. The number of hydrogen-bond donors (Lipinski definition) is 0. The van der Waals surface area contributed by atoms with Crippen LogP contribution in [0.4, 0.5) is 0 Å². The average molecular weight is 361 g/mol. The summed E-state index contributed by atoms with van der Waals surface area (Å²) < 4.78 is 0. The summed E-state index contributed by atoms with van der Waals surface area (Å²) in [6, 6.07) is 13.8. The summed E-state index contributed by atoms with van der Waals surface area (Å²) in [5.74, 6) is 0.888. The molecule has 6 rings (SSSR count). The van der Waals surface area contributed by atoms with Crippen molar-refractivity contribution in [3.05, 3.63) is 65.5 Å². The van der Waals surface area contributed by atoms with Crippen LogP contribution in [0.3, 0.4) is 0 Å². The minimum absolute atomic E-state index is 0.272. The van der Waals surface area contributed by atoms with Crippen LogP contribution in [0.2, 0.25) is 0 Å². The minimum Gasteiger partial charge on any atom is -0.338 e. The number of carbonyl (C=O) groups excluding carboxylic acids is 1. The third-order valence-corrected chi connectivity index (χ3v) is 6.69. The van der Waals surface area contributed by atoms with E-state index in [0.717, 1.165) is 31.6 Å². The molecule has 3 saturated heterocycles. The number of pyridine rings is 1. The zero-order valence-corrected chi connectivity index (χ0v) is 15.8. The molecule has 1 aromatic carbocycles. The van der Waals surface area contributed by atoms with E-state index in [1.807, 2.05) is 18.3 Å². The first kappa shape index (κ1) is 16.9. The summed E-state index contributed by atoms with van der Waals surface area (Å²) in [6.45, 7) is 3.11. The number of benzene rings is 1. The second kappa shape index (κ2) is 7.08. The van der Waals surface area contributed by atoms with E-state index in [-0.39, 0.29) is 5.91 Å². The van der Waals surface area contributed by atoms with Gasteiger partial charge in [-0.1, -0.05) is 30.3 Å². The second-order valence-electron chi connectivity index (χ2n) is 8.47. The Morgan fingerprint density at radius 1 is 0.963 bits per heavy atom. The molecule has 4 heteroatoms. The number of amides is 1. The zero-order valence-electron chi connectivity index (χ0n) is 15.8. The number of aromatic nitrogens is 1. The van der Waals surface area contributed by atoms with Gasteiger partial charge in [-0.25, -0.2) is 0 Å². The molecule has 0 spiro atoms. The highest BCUT2D eigenvalue weighted by Crippen LogP contribution is 2.33. The fraction of sp³-hybridized carbons (Fsp3) is 0.478. The van der Waals surface area contributed by atoms with E-state index in [0.29, 0.717) is 24.4 Å². The van der Waals surface area contributed by atoms with Crippen LogP contribution in [0.1, 0.15) is 29.5 Å². The molecule has 1 amide bonds. The number of carbonyl (C=O) groups is 1. The predicted molar refractivity (Wildman–Crippen MR) is 105 cm³/mol. The second-order valence-corrected chi connectivity index (χ2v) is 8.47. The molecule has 0 radical (unpaired) electrons. The van der Waals surface area contributed by atoms with Crippen molar-refractivity contribution < 1.29 is 4.79 Å². The zero-order chi connectivity index (χ0) is 18.2. The Hall–Kier alpha value is -2.20. The van der Waals surface area contributed by atoms with Crippen LogP contribution in [0.5, 0.6) is 0 Å². The number of nitrogens with zero attached hydrogens (tertiary/aromatic N) is 3. The average Bonchev–Trinajstić information content (AvgIpc) is 2.91. The van der Waals surface area contributed by atoms with Crippen molar-refractivity contribution >= 4 is 5.91 Å². The van der Waals surface area contributed by atoms with Crippen LogP contribution in [-0.4, -0.2) is 52.4 Å². The lowest BCUT2D eigenvalue weighted by atomic mass is 9.94. The highest BCUT2D eigenvalue weighted by molar-refractivity contribution is 5.79. The monoisotopic (exact) mass is 361 g/mol. The van der Waals surface area contributed by atoms with Gasteiger partial charge in [0, 0.05) is 44.1 Å². The highest BCUT2D eigenvalue weighted by atomic mass is 16.2. The maximum atomic E-state index is 13.0. The molecule has 4 heterocycles. The molecule has 3 aliphatic heterocycles. The van der Waals surface area contributed by atoms with Crippen molar-refractivity contribution in [3.63, 3.8) is 0 Å². The van der Waals surface area contributed by atoms with Crippen LogP contribution in [0.15, 0.2) is 48.8 Å². The normalized spacial score (nSPS) is 25.4. The van der Waals surface area contributed by atoms with E-state index in [1.54, 1.807) is 6.20 Å². The third-order valence-electron chi connectivity index (χ3n) is 6.69. The van der Waals surface area contributed by atoms with Crippen LogP contribution >= 0.6 is 0 Å². The highest BCUT2D eigenvalue weighted by Gasteiger charge is 2.40. The Balaban J connectivity index is 1.29. The first-order valence-electron chi connectivity index (χ1n) is 10.3. The molecule has 4 nitrogen and oxygen atoms in total. The van der Waals surface area contributed by atoms with E-state index >= 15 is 0 Å². The number of fused-ring (bicyclic) bond motifs is 5. The summed E-state index contributed by atoms with van der Waals surface area (Å²) in [4.78, 5) is 22.0. The van der Waals surface area contributed by atoms with Gasteiger partial charge in [0.05, 0.1) is 6.42 Å². The maximum Gasteiger partial charge on any atom is 0.227 e. The smallest absolute Gasteiger partial charge is 0.227 e. The molecule has 2 aromatic rings. The van der Waals surface area contributed by atoms with E-state index in [9.17, 15) is 4.79 Å². The molecule has 3 fully saturated rings. The maximum absolute atomic E-state index is 13.0. The Labute approximate surface area is 161 Å². The van der Waals surface area contributed by atoms with Gasteiger partial charge in [0.15, 0.2) is 0 Å². The molecule has 1 aliphatic carbocycles. The molecule has 4 aliphatic rings. The van der Waals surface area contributed by atoms with Gasteiger partial charge < -0.3 is 4.90 Å². The van der Waals surface area contributed by atoms with Gasteiger partial charge in [-0.2, -0.15) is 0 Å².